The van der Waals surface area contributed by atoms with E-state index in [2.05, 4.69) is 20.7 Å². The second kappa shape index (κ2) is 13.5. The minimum atomic E-state index is -0.686. The first-order valence-corrected chi connectivity index (χ1v) is 11.7. The zero-order valence-corrected chi connectivity index (χ0v) is 21.0. The molecule has 2 amide bonds. The number of urea groups is 1. The van der Waals surface area contributed by atoms with Gasteiger partial charge in [-0.2, -0.15) is 0 Å². The van der Waals surface area contributed by atoms with Crippen LogP contribution in [-0.4, -0.2) is 49.5 Å². The summed E-state index contributed by atoms with van der Waals surface area (Å²) in [6, 6.07) is 17.9. The molecular formula is C27H28N4O7. The number of ketones is 1. The first kappa shape index (κ1) is 27.8. The zero-order valence-electron chi connectivity index (χ0n) is 21.0. The lowest BCUT2D eigenvalue weighted by Gasteiger charge is -2.10. The van der Waals surface area contributed by atoms with Crippen molar-refractivity contribution in [2.75, 3.05) is 37.4 Å². The molecule has 0 heterocycles. The van der Waals surface area contributed by atoms with E-state index in [0.717, 1.165) is 22.9 Å². The summed E-state index contributed by atoms with van der Waals surface area (Å²) in [5.41, 5.74) is 2.75. The first-order chi connectivity index (χ1) is 18.3. The van der Waals surface area contributed by atoms with Gasteiger partial charge in [-0.15, -0.1) is 0 Å². The fraction of sp³-hybridized carbons (Fsp3) is 0.222. The molecule has 0 aliphatic carbocycles. The molecule has 0 spiro atoms. The van der Waals surface area contributed by atoms with E-state index in [1.807, 2.05) is 31.2 Å². The molecule has 198 valence electrons. The Hall–Kier alpha value is -4.77. The van der Waals surface area contributed by atoms with Crippen LogP contribution in [0.1, 0.15) is 21.5 Å². The Morgan fingerprint density at radius 2 is 1.71 bits per heavy atom. The number of nitro groups is 1. The van der Waals surface area contributed by atoms with Crippen LogP contribution in [0.2, 0.25) is 0 Å². The van der Waals surface area contributed by atoms with Gasteiger partial charge in [-0.1, -0.05) is 30.3 Å². The number of methoxy groups -OCH3 is 1. The zero-order chi connectivity index (χ0) is 27.5. The van der Waals surface area contributed by atoms with E-state index in [0.29, 0.717) is 5.69 Å². The Balaban J connectivity index is 1.40. The molecule has 0 atom stereocenters. The highest BCUT2D eigenvalue weighted by Gasteiger charge is 2.19. The lowest BCUT2D eigenvalue weighted by molar-refractivity contribution is -0.385. The van der Waals surface area contributed by atoms with Crippen LogP contribution in [0.5, 0.6) is 5.75 Å². The summed E-state index contributed by atoms with van der Waals surface area (Å²) in [5, 5.41) is 19.8. The normalized spacial score (nSPS) is 10.4. The molecule has 0 bridgehead atoms. The molecule has 0 aliphatic rings. The molecule has 11 heteroatoms. The number of Topliss-reactive ketones (excluding diaryl/α,β-unsaturated/α-hetero) is 1. The van der Waals surface area contributed by atoms with Gasteiger partial charge in [0.25, 0.3) is 0 Å². The Kier molecular flexibility index (Phi) is 9.89. The van der Waals surface area contributed by atoms with E-state index in [-0.39, 0.29) is 54.9 Å². The number of para-hydroxylation sites is 1. The number of carbonyl (C=O) groups excluding carboxylic acids is 3. The molecule has 0 aromatic heterocycles. The van der Waals surface area contributed by atoms with Crippen LogP contribution in [0.25, 0.3) is 0 Å². The number of aryl methyl sites for hydroxylation is 1. The van der Waals surface area contributed by atoms with Crippen LogP contribution in [0.4, 0.5) is 21.9 Å². The number of rotatable bonds is 12. The van der Waals surface area contributed by atoms with Crippen LogP contribution < -0.4 is 20.7 Å². The SMILES string of the molecule is COC(=O)c1ccc(OCCNCC(=O)Cc2ccc(NC(=O)Nc3ccccc3C)cc2)c([N+](=O)[O-])c1. The maximum Gasteiger partial charge on any atom is 0.338 e. The summed E-state index contributed by atoms with van der Waals surface area (Å²) in [5.74, 6) is -0.733. The second-order valence-electron chi connectivity index (χ2n) is 8.26. The molecule has 38 heavy (non-hydrogen) atoms. The van der Waals surface area contributed by atoms with E-state index in [9.17, 15) is 24.5 Å². The van der Waals surface area contributed by atoms with Crippen molar-refractivity contribution in [3.05, 3.63) is 93.5 Å². The maximum atomic E-state index is 12.3. The standard InChI is InChI=1S/C27H28N4O7/c1-18-5-3-4-6-23(18)30-27(34)29-21-10-7-19(8-11-21)15-22(32)17-28-13-14-38-25-12-9-20(26(33)37-2)16-24(25)31(35)36/h3-12,16,28H,13-15,17H2,1-2H3,(H2,29,30,34). The Morgan fingerprint density at radius 3 is 2.39 bits per heavy atom. The number of amides is 2. The van der Waals surface area contributed by atoms with Crippen molar-refractivity contribution < 1.29 is 28.8 Å². The third-order valence-corrected chi connectivity index (χ3v) is 5.44. The van der Waals surface area contributed by atoms with Gasteiger partial charge in [0, 0.05) is 30.4 Å². The smallest absolute Gasteiger partial charge is 0.338 e. The second-order valence-corrected chi connectivity index (χ2v) is 8.26. The van der Waals surface area contributed by atoms with Gasteiger partial charge in [-0.05, 0) is 48.4 Å². The molecule has 0 radical (unpaired) electrons. The topological polar surface area (TPSA) is 149 Å². The molecule has 11 nitrogen and oxygen atoms in total. The van der Waals surface area contributed by atoms with Crippen LogP contribution in [0.15, 0.2) is 66.7 Å². The number of esters is 1. The van der Waals surface area contributed by atoms with Gasteiger partial charge in [0.15, 0.2) is 11.5 Å². The highest BCUT2D eigenvalue weighted by atomic mass is 16.6. The van der Waals surface area contributed by atoms with Crippen molar-refractivity contribution >= 4 is 34.8 Å². The van der Waals surface area contributed by atoms with Crippen LogP contribution in [0, 0.1) is 17.0 Å². The van der Waals surface area contributed by atoms with Gasteiger partial charge in [0.2, 0.25) is 0 Å². The van der Waals surface area contributed by atoms with Crippen molar-refractivity contribution in [1.29, 1.82) is 0 Å². The van der Waals surface area contributed by atoms with E-state index in [4.69, 9.17) is 4.74 Å². The highest BCUT2D eigenvalue weighted by Crippen LogP contribution is 2.28. The number of nitrogens with one attached hydrogen (secondary N) is 3. The predicted molar refractivity (Wildman–Crippen MR) is 142 cm³/mol. The van der Waals surface area contributed by atoms with E-state index in [1.54, 1.807) is 24.3 Å². The molecular weight excluding hydrogens is 492 g/mol. The lowest BCUT2D eigenvalue weighted by Crippen LogP contribution is -2.28. The lowest BCUT2D eigenvalue weighted by atomic mass is 10.1. The van der Waals surface area contributed by atoms with Gasteiger partial charge in [-0.25, -0.2) is 9.59 Å². The summed E-state index contributed by atoms with van der Waals surface area (Å²) in [6.07, 6.45) is 0.198. The molecule has 3 aromatic carbocycles. The predicted octanol–water partition coefficient (Wildman–Crippen LogP) is 4.11. The fourth-order valence-corrected chi connectivity index (χ4v) is 3.48. The van der Waals surface area contributed by atoms with Gasteiger partial charge in [0.1, 0.15) is 6.61 Å². The molecule has 0 saturated heterocycles. The summed E-state index contributed by atoms with van der Waals surface area (Å²) in [6.45, 7) is 2.35. The van der Waals surface area contributed by atoms with Crippen LogP contribution >= 0.6 is 0 Å². The van der Waals surface area contributed by atoms with Gasteiger partial charge in [0.05, 0.1) is 24.1 Å². The fourth-order valence-electron chi connectivity index (χ4n) is 3.48. The number of benzene rings is 3. The summed E-state index contributed by atoms with van der Waals surface area (Å²) in [4.78, 5) is 46.7. The van der Waals surface area contributed by atoms with Crippen molar-refractivity contribution in [3.63, 3.8) is 0 Å². The van der Waals surface area contributed by atoms with E-state index < -0.39 is 10.9 Å². The molecule has 3 N–H and O–H groups in total. The first-order valence-electron chi connectivity index (χ1n) is 11.7. The molecule has 0 aliphatic heterocycles. The Morgan fingerprint density at radius 1 is 0.974 bits per heavy atom. The summed E-state index contributed by atoms with van der Waals surface area (Å²) in [7, 11) is 1.19. The highest BCUT2D eigenvalue weighted by molar-refractivity contribution is 6.00. The number of carbonyl (C=O) groups is 3. The van der Waals surface area contributed by atoms with Crippen LogP contribution in [-0.2, 0) is 16.0 Å². The number of nitro benzene ring substituents is 1. The molecule has 0 saturated carbocycles. The number of nitrogens with zero attached hydrogens (tertiary/aromatic N) is 1. The quantitative estimate of drug-likeness (QED) is 0.140. The van der Waals surface area contributed by atoms with Gasteiger partial charge in [-0.3, -0.25) is 14.9 Å². The molecule has 3 aromatic rings. The van der Waals surface area contributed by atoms with E-state index in [1.165, 1.54) is 19.2 Å². The number of hydrogen-bond donors (Lipinski definition) is 3. The Labute approximate surface area is 219 Å². The number of ether oxygens (including phenoxy) is 2. The monoisotopic (exact) mass is 520 g/mol. The van der Waals surface area contributed by atoms with Crippen molar-refractivity contribution in [2.45, 2.75) is 13.3 Å². The van der Waals surface area contributed by atoms with Gasteiger partial charge >= 0.3 is 17.7 Å². The maximum absolute atomic E-state index is 12.3. The van der Waals surface area contributed by atoms with Crippen molar-refractivity contribution in [1.82, 2.24) is 5.32 Å². The molecule has 0 fully saturated rings. The van der Waals surface area contributed by atoms with Crippen LogP contribution in [0.3, 0.4) is 0 Å². The largest absolute Gasteiger partial charge is 0.485 e. The van der Waals surface area contributed by atoms with E-state index >= 15 is 0 Å². The third-order valence-electron chi connectivity index (χ3n) is 5.44. The molecule has 0 unspecified atom stereocenters. The van der Waals surface area contributed by atoms with Crippen molar-refractivity contribution in [2.24, 2.45) is 0 Å². The molecule has 3 rings (SSSR count). The number of anilines is 2. The van der Waals surface area contributed by atoms with Crippen molar-refractivity contribution in [3.8, 4) is 5.75 Å². The number of hydrogen-bond acceptors (Lipinski definition) is 8. The minimum Gasteiger partial charge on any atom is -0.485 e. The van der Waals surface area contributed by atoms with Gasteiger partial charge < -0.3 is 25.4 Å². The summed E-state index contributed by atoms with van der Waals surface area (Å²) >= 11 is 0. The third kappa shape index (κ3) is 8.14. The average Bonchev–Trinajstić information content (AvgIpc) is 2.90. The minimum absolute atomic E-state index is 0.0112. The Bertz CT molecular complexity index is 1310. The average molecular weight is 521 g/mol. The summed E-state index contributed by atoms with van der Waals surface area (Å²) < 4.78 is 10.0.